The Morgan fingerprint density at radius 2 is 1.85 bits per heavy atom. The molecule has 3 heterocycles. The Morgan fingerprint density at radius 3 is 2.68 bits per heavy atom. The second kappa shape index (κ2) is 16.7. The molecule has 0 atom stereocenters. The monoisotopic (exact) mass is 693 g/mol. The molecule has 1 aliphatic heterocycles. The van der Waals surface area contributed by atoms with Crippen LogP contribution in [-0.4, -0.2) is 58.1 Å². The van der Waals surface area contributed by atoms with Gasteiger partial charge < -0.3 is 14.0 Å². The third-order valence-corrected chi connectivity index (χ3v) is 10.5. The van der Waals surface area contributed by atoms with Crippen LogP contribution in [0.5, 0.6) is 5.75 Å². The lowest BCUT2D eigenvalue weighted by atomic mass is 9.91. The number of aromatic nitrogens is 3. The Morgan fingerprint density at radius 1 is 1.02 bits per heavy atom. The molecule has 0 spiro atoms. The van der Waals surface area contributed by atoms with E-state index in [1.165, 1.54) is 41.7 Å². The zero-order valence-corrected chi connectivity index (χ0v) is 30.3. The van der Waals surface area contributed by atoms with Gasteiger partial charge in [-0.3, -0.25) is 9.69 Å². The smallest absolute Gasteiger partial charge is 0.354 e. The molecular weight excluding hydrogens is 650 g/mol. The Balaban J connectivity index is 1.43. The average Bonchev–Trinajstić information content (AvgIpc) is 3.59. The standard InChI is InChI=1S/C36H44ClN5O3S2/c1-25-19-30-14-13-28(37)12-11-26(2)40(3)38-15-18-46-23-29-21-31(41(4)39-29)24-47-32-20-27-9-6-7-10-33(27)34(22-32)45-17-8-16-42(30)35(25)36(43)44-5/h11-15,19-22H,6-10,16-18,23-24H2,1-5H3/b14-13?,26-11+,28-12-,38-15+. The lowest BCUT2D eigenvalue weighted by Gasteiger charge is -2.21. The van der Waals surface area contributed by atoms with Crippen molar-refractivity contribution in [2.75, 3.05) is 26.5 Å². The molecule has 3 aromatic rings. The number of fused-ring (bicyclic) bond motifs is 7. The predicted octanol–water partition coefficient (Wildman–Crippen LogP) is 8.16. The van der Waals surface area contributed by atoms with Gasteiger partial charge in [-0.25, -0.2) is 4.79 Å². The maximum atomic E-state index is 12.8. The van der Waals surface area contributed by atoms with E-state index in [0.717, 1.165) is 64.9 Å². The van der Waals surface area contributed by atoms with Crippen LogP contribution in [0.15, 0.2) is 63.2 Å². The minimum atomic E-state index is -0.357. The van der Waals surface area contributed by atoms with Crippen molar-refractivity contribution in [3.8, 4) is 5.75 Å². The first-order valence-electron chi connectivity index (χ1n) is 16.0. The topological polar surface area (TPSA) is 73.9 Å². The number of benzene rings is 1. The van der Waals surface area contributed by atoms with Crippen molar-refractivity contribution < 1.29 is 14.3 Å². The zero-order chi connectivity index (χ0) is 33.3. The molecule has 2 aromatic heterocycles. The molecule has 47 heavy (non-hydrogen) atoms. The number of hydrogen-bond donors (Lipinski definition) is 0. The highest BCUT2D eigenvalue weighted by Gasteiger charge is 2.20. The Labute approximate surface area is 291 Å². The van der Waals surface area contributed by atoms with E-state index >= 15 is 0 Å². The third-order valence-electron chi connectivity index (χ3n) is 8.40. The number of ether oxygens (including phenoxy) is 2. The van der Waals surface area contributed by atoms with E-state index < -0.39 is 0 Å². The summed E-state index contributed by atoms with van der Waals surface area (Å²) in [7, 11) is 5.36. The molecule has 8 nitrogen and oxygen atoms in total. The number of hydrogen-bond acceptors (Lipinski definition) is 8. The van der Waals surface area contributed by atoms with E-state index in [-0.39, 0.29) is 5.97 Å². The Kier molecular flexibility index (Phi) is 12.4. The van der Waals surface area contributed by atoms with E-state index in [1.54, 1.807) is 11.8 Å². The maximum Gasteiger partial charge on any atom is 0.354 e. The number of aryl methyl sites for hydroxylation is 3. The lowest BCUT2D eigenvalue weighted by Crippen LogP contribution is -2.15. The second-order valence-corrected chi connectivity index (χ2v) is 14.3. The number of rotatable bonds is 1. The van der Waals surface area contributed by atoms with Crippen LogP contribution < -0.4 is 4.74 Å². The van der Waals surface area contributed by atoms with Crippen LogP contribution in [0.4, 0.5) is 0 Å². The van der Waals surface area contributed by atoms with Gasteiger partial charge in [0.25, 0.3) is 0 Å². The summed E-state index contributed by atoms with van der Waals surface area (Å²) >= 11 is 10.2. The molecule has 0 radical (unpaired) electrons. The van der Waals surface area contributed by atoms with Gasteiger partial charge >= 0.3 is 5.97 Å². The van der Waals surface area contributed by atoms with Crippen LogP contribution in [0.1, 0.15) is 70.4 Å². The molecule has 0 fully saturated rings. The Hall–Kier alpha value is -3.34. The van der Waals surface area contributed by atoms with Gasteiger partial charge in [0, 0.05) is 71.1 Å². The highest BCUT2D eigenvalue weighted by Crippen LogP contribution is 2.36. The Bertz CT molecular complexity index is 1700. The van der Waals surface area contributed by atoms with Gasteiger partial charge in [0.1, 0.15) is 11.4 Å². The quantitative estimate of drug-likeness (QED) is 0.238. The van der Waals surface area contributed by atoms with Crippen LogP contribution in [0.3, 0.4) is 0 Å². The lowest BCUT2D eigenvalue weighted by molar-refractivity contribution is 0.0587. The molecule has 0 saturated carbocycles. The largest absolute Gasteiger partial charge is 0.493 e. The summed E-state index contributed by atoms with van der Waals surface area (Å²) in [4.78, 5) is 14.0. The molecule has 0 saturated heterocycles. The van der Waals surface area contributed by atoms with Gasteiger partial charge in [0.15, 0.2) is 0 Å². The fourth-order valence-electron chi connectivity index (χ4n) is 5.80. The summed E-state index contributed by atoms with van der Waals surface area (Å²) in [6.07, 6.45) is 14.7. The van der Waals surface area contributed by atoms with Crippen LogP contribution in [0.2, 0.25) is 0 Å². The van der Waals surface area contributed by atoms with Gasteiger partial charge in [-0.2, -0.15) is 10.2 Å². The molecule has 0 N–H and O–H groups in total. The molecule has 11 heteroatoms. The molecule has 4 bridgehead atoms. The molecule has 0 unspecified atom stereocenters. The summed E-state index contributed by atoms with van der Waals surface area (Å²) in [5.41, 5.74) is 8.24. The third kappa shape index (κ3) is 9.18. The van der Waals surface area contributed by atoms with Crippen LogP contribution in [0, 0.1) is 6.92 Å². The van der Waals surface area contributed by atoms with Crippen LogP contribution in [0.25, 0.3) is 6.08 Å². The summed E-state index contributed by atoms with van der Waals surface area (Å²) in [5, 5.41) is 11.7. The molecule has 1 aromatic carbocycles. The summed E-state index contributed by atoms with van der Waals surface area (Å²) in [6, 6.07) is 8.76. The number of carbonyl (C=O) groups excluding carboxylic acids is 1. The van der Waals surface area contributed by atoms with Gasteiger partial charge in [-0.1, -0.05) is 11.6 Å². The summed E-state index contributed by atoms with van der Waals surface area (Å²) in [6.45, 7) is 5.05. The summed E-state index contributed by atoms with van der Waals surface area (Å²) in [5.74, 6) is 3.07. The summed E-state index contributed by atoms with van der Waals surface area (Å²) < 4.78 is 15.6. The molecule has 1 aliphatic carbocycles. The molecular formula is C36H44ClN5O3S2. The number of esters is 1. The van der Waals surface area contributed by atoms with Crippen molar-refractivity contribution in [1.29, 1.82) is 0 Å². The van der Waals surface area contributed by atoms with Crippen LogP contribution in [-0.2, 0) is 42.7 Å². The van der Waals surface area contributed by atoms with Gasteiger partial charge in [-0.15, -0.1) is 23.5 Å². The predicted molar refractivity (Wildman–Crippen MR) is 196 cm³/mol. The molecule has 0 amide bonds. The van der Waals surface area contributed by atoms with Crippen molar-refractivity contribution in [2.24, 2.45) is 12.1 Å². The first kappa shape index (κ1) is 35.0. The molecule has 250 valence electrons. The van der Waals surface area contributed by atoms with Crippen molar-refractivity contribution in [2.45, 2.75) is 68.9 Å². The fraction of sp³-hybridized carbons (Fsp3) is 0.417. The SMILES string of the molecule is COC(=O)c1c(C)cc2n1CCCOc1cc(cc3c1CCCC3)SCc1cc(nn1C)CSC/C=N/N(C)/C(C)=C/C=C(\Cl)C=C2. The zero-order valence-electron chi connectivity index (χ0n) is 27.9. The van der Waals surface area contributed by atoms with Crippen LogP contribution >= 0.6 is 35.1 Å². The van der Waals surface area contributed by atoms with Crippen molar-refractivity contribution in [3.63, 3.8) is 0 Å². The van der Waals surface area contributed by atoms with E-state index in [9.17, 15) is 4.79 Å². The first-order chi connectivity index (χ1) is 22.7. The minimum absolute atomic E-state index is 0.357. The van der Waals surface area contributed by atoms with E-state index in [2.05, 4.69) is 23.3 Å². The first-order valence-corrected chi connectivity index (χ1v) is 18.5. The molecule has 2 aliphatic rings. The number of carbonyl (C=O) groups is 1. The number of hydrazone groups is 1. The van der Waals surface area contributed by atoms with Gasteiger partial charge in [0.2, 0.25) is 0 Å². The van der Waals surface area contributed by atoms with Crippen molar-refractivity contribution >= 4 is 53.4 Å². The number of halogens is 1. The van der Waals surface area contributed by atoms with E-state index in [1.807, 2.05) is 90.5 Å². The normalized spacial score (nSPS) is 19.7. The highest BCUT2D eigenvalue weighted by atomic mass is 35.5. The number of nitrogens with zero attached hydrogens (tertiary/aromatic N) is 5. The van der Waals surface area contributed by atoms with Crippen molar-refractivity contribution in [1.82, 2.24) is 19.4 Å². The van der Waals surface area contributed by atoms with Gasteiger partial charge in [-0.05, 0) is 111 Å². The minimum Gasteiger partial charge on any atom is -0.493 e. The van der Waals surface area contributed by atoms with E-state index in [4.69, 9.17) is 26.2 Å². The average molecular weight is 694 g/mol. The maximum absolute atomic E-state index is 12.8. The second-order valence-electron chi connectivity index (χ2n) is 11.8. The fourth-order valence-corrected chi connectivity index (χ4v) is 7.57. The van der Waals surface area contributed by atoms with Gasteiger partial charge in [0.05, 0.1) is 19.4 Å². The number of methoxy groups -OCH3 is 1. The number of thioether (sulfide) groups is 2. The number of allylic oxidation sites excluding steroid dienone is 5. The van der Waals surface area contributed by atoms with Crippen molar-refractivity contribution in [3.05, 3.63) is 92.7 Å². The molecule has 5 rings (SSSR count). The highest BCUT2D eigenvalue weighted by molar-refractivity contribution is 7.99. The van der Waals surface area contributed by atoms with E-state index in [0.29, 0.717) is 23.9 Å².